The van der Waals surface area contributed by atoms with Crippen molar-refractivity contribution in [2.75, 3.05) is 0 Å². The van der Waals surface area contributed by atoms with Crippen molar-refractivity contribution in [3.05, 3.63) is 82.3 Å². The number of halogens is 1. The Morgan fingerprint density at radius 2 is 1.64 bits per heavy atom. The van der Waals surface area contributed by atoms with Crippen LogP contribution in [0.3, 0.4) is 0 Å². The molecule has 0 aliphatic carbocycles. The first-order chi connectivity index (χ1) is 12.0. The summed E-state index contributed by atoms with van der Waals surface area (Å²) in [6.45, 7) is 0. The van der Waals surface area contributed by atoms with Crippen LogP contribution in [0.25, 0.3) is 10.8 Å². The molecule has 3 aromatic carbocycles. The van der Waals surface area contributed by atoms with Crippen LogP contribution in [0.5, 0.6) is 0 Å². The molecule has 3 aromatic rings. The predicted molar refractivity (Wildman–Crippen MR) is 102 cm³/mol. The van der Waals surface area contributed by atoms with E-state index in [1.54, 1.807) is 12.1 Å². The van der Waals surface area contributed by atoms with E-state index in [1.165, 1.54) is 0 Å². The predicted octanol–water partition coefficient (Wildman–Crippen LogP) is 3.43. The van der Waals surface area contributed by atoms with Gasteiger partial charge in [-0.2, -0.15) is 0 Å². The van der Waals surface area contributed by atoms with E-state index < -0.39 is 11.9 Å². The minimum atomic E-state index is -0.780. The highest BCUT2D eigenvalue weighted by Gasteiger charge is 2.20. The second kappa shape index (κ2) is 7.49. The van der Waals surface area contributed by atoms with Crippen LogP contribution in [-0.4, -0.2) is 17.9 Å². The maximum atomic E-state index is 12.5. The summed E-state index contributed by atoms with van der Waals surface area (Å²) in [5.41, 5.74) is 6.89. The lowest BCUT2D eigenvalue weighted by molar-refractivity contribution is -0.119. The average molecular weight is 397 g/mol. The molecule has 0 saturated carbocycles. The molecular weight excluding hydrogens is 380 g/mol. The molecule has 0 aromatic heterocycles. The fourth-order valence-corrected chi connectivity index (χ4v) is 3.13. The summed E-state index contributed by atoms with van der Waals surface area (Å²) in [4.78, 5) is 24.3. The summed E-state index contributed by atoms with van der Waals surface area (Å²) in [7, 11) is 0. The third-order valence-corrected chi connectivity index (χ3v) is 4.82. The lowest BCUT2D eigenvalue weighted by Gasteiger charge is -2.16. The van der Waals surface area contributed by atoms with Crippen molar-refractivity contribution in [2.45, 2.75) is 12.5 Å². The highest BCUT2D eigenvalue weighted by atomic mass is 79.9. The van der Waals surface area contributed by atoms with Gasteiger partial charge in [-0.25, -0.2) is 0 Å². The molecule has 5 heteroatoms. The molecule has 0 unspecified atom stereocenters. The molecule has 0 spiro atoms. The summed E-state index contributed by atoms with van der Waals surface area (Å²) in [6, 6.07) is 20.0. The smallest absolute Gasteiger partial charge is 0.251 e. The number of carbonyl (C=O) groups excluding carboxylic acids is 2. The first-order valence-corrected chi connectivity index (χ1v) is 8.66. The third-order valence-electron chi connectivity index (χ3n) is 4.04. The van der Waals surface area contributed by atoms with Gasteiger partial charge in [-0.1, -0.05) is 64.5 Å². The minimum absolute atomic E-state index is 0.318. The molecule has 0 aliphatic heterocycles. The van der Waals surface area contributed by atoms with Gasteiger partial charge in [0.05, 0.1) is 0 Å². The maximum absolute atomic E-state index is 12.5. The quantitative estimate of drug-likeness (QED) is 0.693. The number of rotatable bonds is 5. The molecule has 2 amide bonds. The van der Waals surface area contributed by atoms with Gasteiger partial charge >= 0.3 is 0 Å². The van der Waals surface area contributed by atoms with Crippen LogP contribution in [0, 0.1) is 0 Å². The van der Waals surface area contributed by atoms with Crippen molar-refractivity contribution in [3.63, 3.8) is 0 Å². The lowest BCUT2D eigenvalue weighted by atomic mass is 10.0. The summed E-state index contributed by atoms with van der Waals surface area (Å²) in [6.07, 6.45) is 0.329. The van der Waals surface area contributed by atoms with Crippen LogP contribution in [0.4, 0.5) is 0 Å². The first kappa shape index (κ1) is 17.2. The normalized spacial score (nSPS) is 11.9. The van der Waals surface area contributed by atoms with Gasteiger partial charge < -0.3 is 11.1 Å². The van der Waals surface area contributed by atoms with Crippen LogP contribution in [0.15, 0.2) is 71.2 Å². The highest BCUT2D eigenvalue weighted by Crippen LogP contribution is 2.18. The minimum Gasteiger partial charge on any atom is -0.368 e. The van der Waals surface area contributed by atoms with Crippen LogP contribution in [0.2, 0.25) is 0 Å². The average Bonchev–Trinajstić information content (AvgIpc) is 2.62. The van der Waals surface area contributed by atoms with E-state index in [1.807, 2.05) is 54.6 Å². The number of primary amides is 1. The molecule has 3 N–H and O–H groups in total. The fraction of sp³-hybridized carbons (Fsp3) is 0.100. The van der Waals surface area contributed by atoms with Crippen LogP contribution in [-0.2, 0) is 11.2 Å². The van der Waals surface area contributed by atoms with Gasteiger partial charge in [0, 0.05) is 16.5 Å². The first-order valence-electron chi connectivity index (χ1n) is 7.87. The van der Waals surface area contributed by atoms with Crippen molar-refractivity contribution in [2.24, 2.45) is 5.73 Å². The zero-order valence-corrected chi connectivity index (χ0v) is 15.0. The lowest BCUT2D eigenvalue weighted by Crippen LogP contribution is -2.45. The second-order valence-electron chi connectivity index (χ2n) is 5.79. The van der Waals surface area contributed by atoms with Crippen LogP contribution >= 0.6 is 15.9 Å². The van der Waals surface area contributed by atoms with E-state index in [0.717, 1.165) is 20.8 Å². The molecule has 4 nitrogen and oxygen atoms in total. The van der Waals surface area contributed by atoms with Gasteiger partial charge in [0.15, 0.2) is 0 Å². The van der Waals surface area contributed by atoms with Crippen molar-refractivity contribution in [1.29, 1.82) is 0 Å². The van der Waals surface area contributed by atoms with Crippen molar-refractivity contribution in [3.8, 4) is 0 Å². The monoisotopic (exact) mass is 396 g/mol. The molecule has 1 atom stereocenters. The zero-order valence-electron chi connectivity index (χ0n) is 13.4. The Labute approximate surface area is 154 Å². The second-order valence-corrected chi connectivity index (χ2v) is 6.64. The summed E-state index contributed by atoms with van der Waals surface area (Å²) in [5, 5.41) is 4.76. The Kier molecular flexibility index (Phi) is 5.14. The van der Waals surface area contributed by atoms with Crippen LogP contribution in [0.1, 0.15) is 15.9 Å². The molecule has 0 heterocycles. The molecule has 0 aliphatic rings. The third kappa shape index (κ3) is 4.06. The highest BCUT2D eigenvalue weighted by molar-refractivity contribution is 9.10. The number of nitrogens with two attached hydrogens (primary N) is 1. The summed E-state index contributed by atoms with van der Waals surface area (Å²) < 4.78 is 0.876. The van der Waals surface area contributed by atoms with Crippen molar-refractivity contribution in [1.82, 2.24) is 5.32 Å². The van der Waals surface area contributed by atoms with Gasteiger partial charge in [0.1, 0.15) is 6.04 Å². The zero-order chi connectivity index (χ0) is 17.8. The fourth-order valence-electron chi connectivity index (χ4n) is 2.68. The van der Waals surface area contributed by atoms with Gasteiger partial charge in [0.25, 0.3) is 5.91 Å². The Morgan fingerprint density at radius 1 is 0.960 bits per heavy atom. The number of nitrogens with one attached hydrogen (secondary N) is 1. The van der Waals surface area contributed by atoms with E-state index >= 15 is 0 Å². The molecule has 0 saturated heterocycles. The van der Waals surface area contributed by atoms with Gasteiger partial charge in [0.2, 0.25) is 5.91 Å². The molecule has 3 rings (SSSR count). The molecular formula is C20H17BrN2O2. The summed E-state index contributed by atoms with van der Waals surface area (Å²) >= 11 is 3.45. The van der Waals surface area contributed by atoms with Crippen molar-refractivity contribution < 1.29 is 9.59 Å². The molecule has 0 bridgehead atoms. The van der Waals surface area contributed by atoms with E-state index in [0.29, 0.717) is 12.0 Å². The van der Waals surface area contributed by atoms with E-state index in [9.17, 15) is 9.59 Å². The van der Waals surface area contributed by atoms with Crippen molar-refractivity contribution >= 4 is 38.5 Å². The Bertz CT molecular complexity index is 940. The number of hydrogen-bond acceptors (Lipinski definition) is 2. The van der Waals surface area contributed by atoms with Gasteiger partial charge in [-0.05, 0) is 34.5 Å². The van der Waals surface area contributed by atoms with Crippen LogP contribution < -0.4 is 11.1 Å². The molecule has 0 radical (unpaired) electrons. The Balaban J connectivity index is 1.80. The number of benzene rings is 3. The molecule has 0 fully saturated rings. The largest absolute Gasteiger partial charge is 0.368 e. The topological polar surface area (TPSA) is 72.2 Å². The Hall–Kier alpha value is -2.66. The number of fused-ring (bicyclic) bond motifs is 1. The Morgan fingerprint density at radius 3 is 2.36 bits per heavy atom. The maximum Gasteiger partial charge on any atom is 0.251 e. The molecule has 25 heavy (non-hydrogen) atoms. The number of carbonyl (C=O) groups is 2. The van der Waals surface area contributed by atoms with E-state index in [-0.39, 0.29) is 5.91 Å². The molecule has 126 valence electrons. The van der Waals surface area contributed by atoms with Gasteiger partial charge in [-0.15, -0.1) is 0 Å². The van der Waals surface area contributed by atoms with E-state index in [4.69, 9.17) is 5.73 Å². The van der Waals surface area contributed by atoms with Gasteiger partial charge in [-0.3, -0.25) is 9.59 Å². The van der Waals surface area contributed by atoms with E-state index in [2.05, 4.69) is 21.2 Å². The standard InChI is InChI=1S/C20H17BrN2O2/c21-17-8-4-3-7-15(17)12-18(19(22)24)23-20(25)16-10-9-13-5-1-2-6-14(13)11-16/h1-11,18H,12H2,(H2,22,24)(H,23,25)/t18-/m1/s1. The SMILES string of the molecule is NC(=O)[C@@H](Cc1ccccc1Br)NC(=O)c1ccc2ccccc2c1. The number of hydrogen-bond donors (Lipinski definition) is 2. The summed E-state index contributed by atoms with van der Waals surface area (Å²) in [5.74, 6) is -0.883. The number of amides is 2.